The average molecular weight is 178 g/mol. The fraction of sp³-hybridized carbons (Fsp3) is 0.444. The quantitative estimate of drug-likeness (QED) is 0.742. The smallest absolute Gasteiger partial charge is 0.337 e. The molecule has 0 amide bonds. The third kappa shape index (κ3) is 1.52. The Labute approximate surface area is 75.6 Å². The van der Waals surface area contributed by atoms with Gasteiger partial charge in [-0.05, 0) is 25.8 Å². The van der Waals surface area contributed by atoms with E-state index >= 15 is 0 Å². The van der Waals surface area contributed by atoms with Gasteiger partial charge < -0.3 is 5.11 Å². The third-order valence-electron chi connectivity index (χ3n) is 2.22. The van der Waals surface area contributed by atoms with Crippen LogP contribution >= 0.6 is 0 Å². The Hall–Kier alpha value is -1.45. The van der Waals surface area contributed by atoms with Crippen LogP contribution in [0.1, 0.15) is 40.5 Å². The van der Waals surface area contributed by atoms with Crippen molar-refractivity contribution in [2.75, 3.05) is 0 Å². The molecule has 0 bridgehead atoms. The van der Waals surface area contributed by atoms with Crippen molar-refractivity contribution in [2.24, 2.45) is 0 Å². The number of hydrogen-bond donors (Lipinski definition) is 1. The van der Waals surface area contributed by atoms with Gasteiger partial charge in [0.1, 0.15) is 0 Å². The maximum absolute atomic E-state index is 10.7. The molecule has 1 aliphatic carbocycles. The van der Waals surface area contributed by atoms with Crippen LogP contribution in [0.2, 0.25) is 0 Å². The van der Waals surface area contributed by atoms with Crippen LogP contribution in [0.3, 0.4) is 0 Å². The molecular formula is C9H10N2O2. The predicted molar refractivity (Wildman–Crippen MR) is 45.7 cm³/mol. The molecule has 0 radical (unpaired) electrons. The van der Waals surface area contributed by atoms with E-state index in [2.05, 4.69) is 10.2 Å². The summed E-state index contributed by atoms with van der Waals surface area (Å²) in [6, 6.07) is 1.64. The lowest BCUT2D eigenvalue weighted by Gasteiger charge is -2.00. The van der Waals surface area contributed by atoms with Gasteiger partial charge in [0.2, 0.25) is 0 Å². The summed E-state index contributed by atoms with van der Waals surface area (Å²) in [5.74, 6) is -0.472. The number of aryl methyl sites for hydroxylation is 1. The Morgan fingerprint density at radius 2 is 2.23 bits per heavy atom. The van der Waals surface area contributed by atoms with Crippen LogP contribution in [-0.2, 0) is 0 Å². The molecule has 1 heterocycles. The minimum atomic E-state index is -0.922. The maximum atomic E-state index is 10.7. The second-order valence-electron chi connectivity index (χ2n) is 3.35. The molecular weight excluding hydrogens is 168 g/mol. The molecule has 4 heteroatoms. The first-order chi connectivity index (χ1) is 6.18. The first kappa shape index (κ1) is 8.16. The highest BCUT2D eigenvalue weighted by atomic mass is 16.4. The maximum Gasteiger partial charge on any atom is 0.337 e. The Balaban J connectivity index is 2.41. The Kier molecular flexibility index (Phi) is 1.76. The fourth-order valence-electron chi connectivity index (χ4n) is 1.26. The Bertz CT molecular complexity index is 359. The van der Waals surface area contributed by atoms with Gasteiger partial charge in [-0.2, -0.15) is 10.2 Å². The summed E-state index contributed by atoms with van der Waals surface area (Å²) in [5, 5.41) is 16.6. The molecule has 0 unspecified atom stereocenters. The van der Waals surface area contributed by atoms with Gasteiger partial charge in [-0.1, -0.05) is 0 Å². The van der Waals surface area contributed by atoms with Gasteiger partial charge in [0.15, 0.2) is 0 Å². The number of hydrogen-bond acceptors (Lipinski definition) is 3. The normalized spacial score (nSPS) is 15.8. The molecule has 1 aromatic rings. The van der Waals surface area contributed by atoms with Crippen LogP contribution in [0.5, 0.6) is 0 Å². The summed E-state index contributed by atoms with van der Waals surface area (Å²) < 4.78 is 0. The number of aromatic carboxylic acids is 1. The topological polar surface area (TPSA) is 63.1 Å². The minimum absolute atomic E-state index is 0.275. The van der Waals surface area contributed by atoms with Gasteiger partial charge >= 0.3 is 5.97 Å². The molecule has 68 valence electrons. The molecule has 1 aliphatic rings. The predicted octanol–water partition coefficient (Wildman–Crippen LogP) is 1.36. The third-order valence-corrected chi connectivity index (χ3v) is 2.22. The summed E-state index contributed by atoms with van der Waals surface area (Å²) >= 11 is 0. The molecule has 2 rings (SSSR count). The van der Waals surface area contributed by atoms with Crippen LogP contribution < -0.4 is 0 Å². The summed E-state index contributed by atoms with van der Waals surface area (Å²) in [4.78, 5) is 10.7. The summed E-state index contributed by atoms with van der Waals surface area (Å²) in [5.41, 5.74) is 1.58. The number of carbonyl (C=O) groups is 1. The highest BCUT2D eigenvalue weighted by molar-refractivity contribution is 5.88. The van der Waals surface area contributed by atoms with E-state index in [-0.39, 0.29) is 5.56 Å². The van der Waals surface area contributed by atoms with E-state index < -0.39 is 5.97 Å². The fourth-order valence-corrected chi connectivity index (χ4v) is 1.26. The zero-order valence-corrected chi connectivity index (χ0v) is 7.32. The molecule has 1 aromatic heterocycles. The van der Waals surface area contributed by atoms with Crippen molar-refractivity contribution in [2.45, 2.75) is 25.7 Å². The van der Waals surface area contributed by atoms with Crippen LogP contribution in [0.4, 0.5) is 0 Å². The van der Waals surface area contributed by atoms with E-state index in [0.717, 1.165) is 18.5 Å². The van der Waals surface area contributed by atoms with Crippen molar-refractivity contribution >= 4 is 5.97 Å². The van der Waals surface area contributed by atoms with Gasteiger partial charge in [0, 0.05) is 5.92 Å². The lowest BCUT2D eigenvalue weighted by atomic mass is 10.1. The molecule has 0 atom stereocenters. The van der Waals surface area contributed by atoms with E-state index in [9.17, 15) is 4.79 Å². The SMILES string of the molecule is Cc1nnc(C2CC2)cc1C(=O)O. The number of nitrogens with zero attached hydrogens (tertiary/aromatic N) is 2. The summed E-state index contributed by atoms with van der Waals surface area (Å²) in [7, 11) is 0. The molecule has 4 nitrogen and oxygen atoms in total. The molecule has 0 aliphatic heterocycles. The van der Waals surface area contributed by atoms with Crippen molar-refractivity contribution < 1.29 is 9.90 Å². The summed E-state index contributed by atoms with van der Waals surface area (Å²) in [6.07, 6.45) is 2.22. The first-order valence-electron chi connectivity index (χ1n) is 4.26. The molecule has 0 aromatic carbocycles. The molecule has 0 spiro atoms. The van der Waals surface area contributed by atoms with Crippen LogP contribution in [0.15, 0.2) is 6.07 Å². The minimum Gasteiger partial charge on any atom is -0.478 e. The molecule has 0 saturated heterocycles. The van der Waals surface area contributed by atoms with Crippen molar-refractivity contribution in [1.29, 1.82) is 0 Å². The van der Waals surface area contributed by atoms with E-state index in [1.54, 1.807) is 13.0 Å². The van der Waals surface area contributed by atoms with E-state index in [1.807, 2.05) is 0 Å². The monoisotopic (exact) mass is 178 g/mol. The Morgan fingerprint density at radius 1 is 1.54 bits per heavy atom. The summed E-state index contributed by atoms with van der Waals surface area (Å²) in [6.45, 7) is 1.66. The highest BCUT2D eigenvalue weighted by Crippen LogP contribution is 2.38. The molecule has 1 fully saturated rings. The van der Waals surface area contributed by atoms with E-state index in [1.165, 1.54) is 0 Å². The van der Waals surface area contributed by atoms with Gasteiger partial charge in [0.05, 0.1) is 17.0 Å². The largest absolute Gasteiger partial charge is 0.478 e. The second-order valence-corrected chi connectivity index (χ2v) is 3.35. The second kappa shape index (κ2) is 2.80. The van der Waals surface area contributed by atoms with Crippen LogP contribution in [0, 0.1) is 6.92 Å². The van der Waals surface area contributed by atoms with Gasteiger partial charge in [-0.3, -0.25) is 0 Å². The van der Waals surface area contributed by atoms with Crippen molar-refractivity contribution in [1.82, 2.24) is 10.2 Å². The number of carboxylic acids is 1. The van der Waals surface area contributed by atoms with Crippen LogP contribution in [0.25, 0.3) is 0 Å². The lowest BCUT2D eigenvalue weighted by Crippen LogP contribution is -2.05. The van der Waals surface area contributed by atoms with Crippen molar-refractivity contribution in [3.8, 4) is 0 Å². The number of aromatic nitrogens is 2. The molecule has 1 saturated carbocycles. The lowest BCUT2D eigenvalue weighted by molar-refractivity contribution is 0.0695. The average Bonchev–Trinajstić information content (AvgIpc) is 2.87. The molecule has 13 heavy (non-hydrogen) atoms. The van der Waals surface area contributed by atoms with Crippen LogP contribution in [-0.4, -0.2) is 21.3 Å². The number of rotatable bonds is 2. The zero-order valence-electron chi connectivity index (χ0n) is 7.32. The number of carboxylic acid groups (broad SMARTS) is 1. The van der Waals surface area contributed by atoms with Gasteiger partial charge in [-0.25, -0.2) is 4.79 Å². The van der Waals surface area contributed by atoms with Gasteiger partial charge in [-0.15, -0.1) is 0 Å². The zero-order chi connectivity index (χ0) is 9.42. The molecule has 1 N–H and O–H groups in total. The Morgan fingerprint density at radius 3 is 2.77 bits per heavy atom. The highest BCUT2D eigenvalue weighted by Gasteiger charge is 2.26. The van der Waals surface area contributed by atoms with Crippen molar-refractivity contribution in [3.05, 3.63) is 23.0 Å². The van der Waals surface area contributed by atoms with E-state index in [0.29, 0.717) is 11.6 Å². The van der Waals surface area contributed by atoms with Crippen molar-refractivity contribution in [3.63, 3.8) is 0 Å². The standard InChI is InChI=1S/C9H10N2O2/c1-5-7(9(12)13)4-8(11-10-5)6-2-3-6/h4,6H,2-3H2,1H3,(H,12,13). The van der Waals surface area contributed by atoms with E-state index in [4.69, 9.17) is 5.11 Å². The first-order valence-corrected chi connectivity index (χ1v) is 4.26. The van der Waals surface area contributed by atoms with Gasteiger partial charge in [0.25, 0.3) is 0 Å².